The van der Waals surface area contributed by atoms with Gasteiger partial charge in [-0.25, -0.2) is 0 Å². The van der Waals surface area contributed by atoms with Gasteiger partial charge in [0.2, 0.25) is 5.76 Å². The third-order valence-corrected chi connectivity index (χ3v) is 2.24. The van der Waals surface area contributed by atoms with Gasteiger partial charge in [-0.2, -0.15) is 0 Å². The van der Waals surface area contributed by atoms with E-state index in [0.717, 1.165) is 15.9 Å². The molecule has 62 valence electrons. The first-order valence-electron chi connectivity index (χ1n) is 3.45. The van der Waals surface area contributed by atoms with Gasteiger partial charge in [0.15, 0.2) is 5.76 Å². The molecule has 0 unspecified atom stereocenters. The van der Waals surface area contributed by atoms with E-state index < -0.39 is 0 Å². The van der Waals surface area contributed by atoms with E-state index in [-0.39, 0.29) is 0 Å². The predicted molar refractivity (Wildman–Crippen MR) is 51.9 cm³/mol. The van der Waals surface area contributed by atoms with E-state index >= 15 is 0 Å². The molecule has 0 saturated heterocycles. The molecule has 0 spiro atoms. The van der Waals surface area contributed by atoms with Crippen molar-refractivity contribution in [2.45, 2.75) is 4.43 Å². The molecule has 4 heteroatoms. The number of rotatable bonds is 2. The summed E-state index contributed by atoms with van der Waals surface area (Å²) in [5, 5.41) is 3.85. The number of alkyl halides is 1. The average molecular weight is 275 g/mol. The highest BCUT2D eigenvalue weighted by Crippen LogP contribution is 2.21. The van der Waals surface area contributed by atoms with Crippen LogP contribution in [0.2, 0.25) is 0 Å². The molecule has 2 aromatic rings. The standard InChI is InChI=1S/C8H6INO2/c9-5-6-4-8(12-10-6)7-2-1-3-11-7/h1-4H,5H2. The summed E-state index contributed by atoms with van der Waals surface area (Å²) in [5.41, 5.74) is 0.932. The lowest BCUT2D eigenvalue weighted by Crippen LogP contribution is -1.70. The largest absolute Gasteiger partial charge is 0.461 e. The molecule has 3 nitrogen and oxygen atoms in total. The summed E-state index contributed by atoms with van der Waals surface area (Å²) in [6, 6.07) is 5.55. The zero-order valence-corrected chi connectivity index (χ0v) is 8.32. The van der Waals surface area contributed by atoms with E-state index in [0.29, 0.717) is 5.76 Å². The molecule has 2 heterocycles. The molecule has 0 aliphatic carbocycles. The molecule has 0 N–H and O–H groups in total. The van der Waals surface area contributed by atoms with Gasteiger partial charge in [-0.15, -0.1) is 0 Å². The van der Waals surface area contributed by atoms with E-state index in [9.17, 15) is 0 Å². The van der Waals surface area contributed by atoms with E-state index in [1.165, 1.54) is 0 Å². The second-order valence-electron chi connectivity index (χ2n) is 2.29. The quantitative estimate of drug-likeness (QED) is 0.625. The third kappa shape index (κ3) is 1.38. The second kappa shape index (κ2) is 3.30. The van der Waals surface area contributed by atoms with Crippen LogP contribution in [0.5, 0.6) is 0 Å². The molecular formula is C8H6INO2. The summed E-state index contributed by atoms with van der Waals surface area (Å²) in [5.74, 6) is 1.41. The van der Waals surface area contributed by atoms with Crippen LogP contribution in [0.15, 0.2) is 33.4 Å². The lowest BCUT2D eigenvalue weighted by Gasteiger charge is -1.83. The highest BCUT2D eigenvalue weighted by Gasteiger charge is 2.07. The van der Waals surface area contributed by atoms with Gasteiger partial charge in [0, 0.05) is 10.5 Å². The topological polar surface area (TPSA) is 39.2 Å². The van der Waals surface area contributed by atoms with Crippen LogP contribution in [-0.4, -0.2) is 5.16 Å². The third-order valence-electron chi connectivity index (χ3n) is 1.46. The van der Waals surface area contributed by atoms with Crippen LogP contribution >= 0.6 is 22.6 Å². The maximum Gasteiger partial charge on any atom is 0.202 e. The molecule has 2 rings (SSSR count). The van der Waals surface area contributed by atoms with Crippen LogP contribution < -0.4 is 0 Å². The molecular weight excluding hydrogens is 269 g/mol. The maximum atomic E-state index is 5.14. The Morgan fingerprint density at radius 3 is 2.92 bits per heavy atom. The van der Waals surface area contributed by atoms with Gasteiger partial charge < -0.3 is 8.94 Å². The second-order valence-corrected chi connectivity index (χ2v) is 3.06. The van der Waals surface area contributed by atoms with Crippen molar-refractivity contribution in [3.63, 3.8) is 0 Å². The lowest BCUT2D eigenvalue weighted by atomic mass is 10.3. The molecule has 0 bridgehead atoms. The minimum atomic E-state index is 0.687. The van der Waals surface area contributed by atoms with Crippen LogP contribution in [-0.2, 0) is 4.43 Å². The Morgan fingerprint density at radius 1 is 1.42 bits per heavy atom. The highest BCUT2D eigenvalue weighted by atomic mass is 127. The smallest absolute Gasteiger partial charge is 0.202 e. The molecule has 0 amide bonds. The maximum absolute atomic E-state index is 5.14. The molecule has 0 saturated carbocycles. The van der Waals surface area contributed by atoms with Crippen molar-refractivity contribution in [1.29, 1.82) is 0 Å². The Bertz CT molecular complexity index is 353. The SMILES string of the molecule is ICc1cc(-c2ccco2)on1. The minimum absolute atomic E-state index is 0.687. The number of hydrogen-bond acceptors (Lipinski definition) is 3. The number of hydrogen-bond donors (Lipinski definition) is 0. The van der Waals surface area contributed by atoms with Crippen LogP contribution in [0, 0.1) is 0 Å². The first-order valence-corrected chi connectivity index (χ1v) is 4.98. The molecule has 0 aliphatic rings. The first kappa shape index (κ1) is 7.85. The monoisotopic (exact) mass is 275 g/mol. The minimum Gasteiger partial charge on any atom is -0.461 e. The number of nitrogens with zero attached hydrogens (tertiary/aromatic N) is 1. The predicted octanol–water partition coefficient (Wildman–Crippen LogP) is 2.87. The summed E-state index contributed by atoms with van der Waals surface area (Å²) in [4.78, 5) is 0. The Hall–Kier alpha value is -0.780. The van der Waals surface area contributed by atoms with Gasteiger partial charge in [0.25, 0.3) is 0 Å². The number of furan rings is 1. The van der Waals surface area contributed by atoms with Crippen molar-refractivity contribution in [2.24, 2.45) is 0 Å². The molecule has 0 fully saturated rings. The van der Waals surface area contributed by atoms with Crippen molar-refractivity contribution >= 4 is 22.6 Å². The lowest BCUT2D eigenvalue weighted by molar-refractivity contribution is 0.413. The number of halogens is 1. The zero-order chi connectivity index (χ0) is 8.39. The van der Waals surface area contributed by atoms with Gasteiger partial charge in [-0.05, 0) is 12.1 Å². The number of aromatic nitrogens is 1. The normalized spacial score (nSPS) is 10.4. The van der Waals surface area contributed by atoms with Crippen molar-refractivity contribution in [2.75, 3.05) is 0 Å². The van der Waals surface area contributed by atoms with Gasteiger partial charge in [0.05, 0.1) is 12.0 Å². The van der Waals surface area contributed by atoms with Crippen LogP contribution in [0.4, 0.5) is 0 Å². The van der Waals surface area contributed by atoms with Crippen molar-refractivity contribution in [3.05, 3.63) is 30.2 Å². The van der Waals surface area contributed by atoms with Gasteiger partial charge in [-0.1, -0.05) is 27.7 Å². The zero-order valence-electron chi connectivity index (χ0n) is 6.16. The fraction of sp³-hybridized carbons (Fsp3) is 0.125. The fourth-order valence-corrected chi connectivity index (χ4v) is 1.27. The summed E-state index contributed by atoms with van der Waals surface area (Å²) in [6.07, 6.45) is 1.61. The van der Waals surface area contributed by atoms with Crippen LogP contribution in [0.25, 0.3) is 11.5 Å². The van der Waals surface area contributed by atoms with Crippen molar-refractivity contribution in [1.82, 2.24) is 5.16 Å². The van der Waals surface area contributed by atoms with E-state index in [1.54, 1.807) is 6.26 Å². The van der Waals surface area contributed by atoms with E-state index in [1.807, 2.05) is 18.2 Å². The van der Waals surface area contributed by atoms with Gasteiger partial charge >= 0.3 is 0 Å². The molecule has 0 aromatic carbocycles. The van der Waals surface area contributed by atoms with Crippen molar-refractivity contribution < 1.29 is 8.94 Å². The molecule has 0 atom stereocenters. The Labute approximate surface area is 82.9 Å². The average Bonchev–Trinajstić information content (AvgIpc) is 2.75. The first-order chi connectivity index (χ1) is 5.90. The molecule has 2 aromatic heterocycles. The summed E-state index contributed by atoms with van der Waals surface area (Å²) >= 11 is 2.23. The fourth-order valence-electron chi connectivity index (χ4n) is 0.910. The van der Waals surface area contributed by atoms with E-state index in [2.05, 4.69) is 27.7 Å². The molecule has 0 aliphatic heterocycles. The van der Waals surface area contributed by atoms with Crippen LogP contribution in [0.1, 0.15) is 5.69 Å². The Kier molecular flexibility index (Phi) is 2.16. The summed E-state index contributed by atoms with van der Waals surface area (Å²) in [7, 11) is 0. The van der Waals surface area contributed by atoms with Gasteiger partial charge in [0.1, 0.15) is 0 Å². The summed E-state index contributed by atoms with van der Waals surface area (Å²) in [6.45, 7) is 0. The molecule has 0 radical (unpaired) electrons. The van der Waals surface area contributed by atoms with Crippen LogP contribution in [0.3, 0.4) is 0 Å². The Morgan fingerprint density at radius 2 is 2.33 bits per heavy atom. The Balaban J connectivity index is 2.35. The van der Waals surface area contributed by atoms with E-state index in [4.69, 9.17) is 8.94 Å². The highest BCUT2D eigenvalue weighted by molar-refractivity contribution is 14.1. The summed E-state index contributed by atoms with van der Waals surface area (Å²) < 4.78 is 11.0. The molecule has 12 heavy (non-hydrogen) atoms. The van der Waals surface area contributed by atoms with Crippen molar-refractivity contribution in [3.8, 4) is 11.5 Å². The van der Waals surface area contributed by atoms with Gasteiger partial charge in [-0.3, -0.25) is 0 Å².